The van der Waals surface area contributed by atoms with Crippen LogP contribution in [0.5, 0.6) is 0 Å². The van der Waals surface area contributed by atoms with Crippen molar-refractivity contribution >= 4 is 5.97 Å². The Morgan fingerprint density at radius 3 is 2.47 bits per heavy atom. The van der Waals surface area contributed by atoms with Gasteiger partial charge in [-0.1, -0.05) is 44.2 Å². The Morgan fingerprint density at radius 2 is 1.94 bits per heavy atom. The van der Waals surface area contributed by atoms with Gasteiger partial charge in [-0.05, 0) is 24.4 Å². The van der Waals surface area contributed by atoms with Gasteiger partial charge in [0.1, 0.15) is 6.04 Å². The van der Waals surface area contributed by atoms with Crippen molar-refractivity contribution in [2.75, 3.05) is 13.7 Å². The van der Waals surface area contributed by atoms with Crippen molar-refractivity contribution in [1.82, 2.24) is 5.32 Å². The molecule has 94 valence electrons. The third kappa shape index (κ3) is 4.57. The fourth-order valence-electron chi connectivity index (χ4n) is 1.73. The van der Waals surface area contributed by atoms with Crippen molar-refractivity contribution in [3.8, 4) is 0 Å². The van der Waals surface area contributed by atoms with Crippen molar-refractivity contribution in [3.05, 3.63) is 35.9 Å². The molecule has 0 fully saturated rings. The Bertz CT molecular complexity index is 335. The van der Waals surface area contributed by atoms with Crippen LogP contribution in [-0.2, 0) is 16.0 Å². The van der Waals surface area contributed by atoms with Crippen LogP contribution < -0.4 is 5.32 Å². The third-order valence-corrected chi connectivity index (χ3v) is 2.74. The lowest BCUT2D eigenvalue weighted by Crippen LogP contribution is -2.42. The predicted octanol–water partition coefficient (Wildman–Crippen LogP) is 2.02. The van der Waals surface area contributed by atoms with E-state index in [-0.39, 0.29) is 17.9 Å². The lowest BCUT2D eigenvalue weighted by Gasteiger charge is -2.19. The Morgan fingerprint density at radius 1 is 1.29 bits per heavy atom. The summed E-state index contributed by atoms with van der Waals surface area (Å²) in [7, 11) is 1.43. The lowest BCUT2D eigenvalue weighted by atomic mass is 10.0. The molecule has 0 bridgehead atoms. The highest BCUT2D eigenvalue weighted by Crippen LogP contribution is 2.04. The summed E-state index contributed by atoms with van der Waals surface area (Å²) in [6.45, 7) is 4.80. The molecule has 17 heavy (non-hydrogen) atoms. The van der Waals surface area contributed by atoms with E-state index in [2.05, 4.69) is 17.4 Å². The summed E-state index contributed by atoms with van der Waals surface area (Å²) in [5, 5.41) is 3.24. The molecule has 3 nitrogen and oxygen atoms in total. The number of nitrogens with one attached hydrogen (secondary N) is 1. The van der Waals surface area contributed by atoms with E-state index in [1.165, 1.54) is 12.7 Å². The van der Waals surface area contributed by atoms with Gasteiger partial charge in [0.05, 0.1) is 7.11 Å². The second-order valence-corrected chi connectivity index (χ2v) is 4.43. The number of carbonyl (C=O) groups is 1. The third-order valence-electron chi connectivity index (χ3n) is 2.74. The molecule has 0 unspecified atom stereocenters. The first-order chi connectivity index (χ1) is 8.15. The molecule has 1 aromatic carbocycles. The largest absolute Gasteiger partial charge is 0.468 e. The van der Waals surface area contributed by atoms with Crippen molar-refractivity contribution in [2.24, 2.45) is 5.92 Å². The molecule has 0 aromatic heterocycles. The SMILES string of the molecule is COC(=O)[C@H](NCCc1ccccc1)C(C)C. The average Bonchev–Trinajstić information content (AvgIpc) is 2.34. The van der Waals surface area contributed by atoms with E-state index < -0.39 is 0 Å². The molecule has 0 aliphatic rings. The summed E-state index contributed by atoms with van der Waals surface area (Å²) < 4.78 is 4.77. The van der Waals surface area contributed by atoms with Crippen LogP contribution in [0.3, 0.4) is 0 Å². The zero-order chi connectivity index (χ0) is 12.7. The van der Waals surface area contributed by atoms with E-state index in [9.17, 15) is 4.79 Å². The number of hydrogen-bond donors (Lipinski definition) is 1. The van der Waals surface area contributed by atoms with Crippen LogP contribution in [0.15, 0.2) is 30.3 Å². The van der Waals surface area contributed by atoms with Gasteiger partial charge >= 0.3 is 5.97 Å². The second-order valence-electron chi connectivity index (χ2n) is 4.43. The number of rotatable bonds is 6. The average molecular weight is 235 g/mol. The van der Waals surface area contributed by atoms with Gasteiger partial charge in [-0.25, -0.2) is 0 Å². The van der Waals surface area contributed by atoms with Gasteiger partial charge in [-0.2, -0.15) is 0 Å². The molecule has 0 aliphatic heterocycles. The molecule has 0 saturated heterocycles. The van der Waals surface area contributed by atoms with Crippen LogP contribution in [0.4, 0.5) is 0 Å². The highest BCUT2D eigenvalue weighted by Gasteiger charge is 2.21. The van der Waals surface area contributed by atoms with Crippen LogP contribution >= 0.6 is 0 Å². The molecular formula is C14H21NO2. The molecule has 3 heteroatoms. The second kappa shape index (κ2) is 7.07. The quantitative estimate of drug-likeness (QED) is 0.767. The van der Waals surface area contributed by atoms with Gasteiger partial charge in [-0.3, -0.25) is 4.79 Å². The summed E-state index contributed by atoms with van der Waals surface area (Å²) in [4.78, 5) is 11.5. The van der Waals surface area contributed by atoms with Crippen LogP contribution in [0.1, 0.15) is 19.4 Å². The lowest BCUT2D eigenvalue weighted by molar-refractivity contribution is -0.144. The first kappa shape index (κ1) is 13.7. The number of carbonyl (C=O) groups excluding carboxylic acids is 1. The number of methoxy groups -OCH3 is 1. The topological polar surface area (TPSA) is 38.3 Å². The fraction of sp³-hybridized carbons (Fsp3) is 0.500. The predicted molar refractivity (Wildman–Crippen MR) is 68.8 cm³/mol. The maximum Gasteiger partial charge on any atom is 0.323 e. The monoisotopic (exact) mass is 235 g/mol. The van der Waals surface area contributed by atoms with E-state index in [1.54, 1.807) is 0 Å². The molecular weight excluding hydrogens is 214 g/mol. The van der Waals surface area contributed by atoms with E-state index in [0.717, 1.165) is 13.0 Å². The first-order valence-corrected chi connectivity index (χ1v) is 6.00. The highest BCUT2D eigenvalue weighted by atomic mass is 16.5. The molecule has 1 N–H and O–H groups in total. The Balaban J connectivity index is 2.40. The Labute approximate surface area is 103 Å². The number of hydrogen-bond acceptors (Lipinski definition) is 3. The van der Waals surface area contributed by atoms with Gasteiger partial charge in [-0.15, -0.1) is 0 Å². The van der Waals surface area contributed by atoms with Gasteiger partial charge in [0, 0.05) is 0 Å². The first-order valence-electron chi connectivity index (χ1n) is 6.00. The fourth-order valence-corrected chi connectivity index (χ4v) is 1.73. The minimum atomic E-state index is -0.219. The van der Waals surface area contributed by atoms with E-state index >= 15 is 0 Å². The smallest absolute Gasteiger partial charge is 0.323 e. The molecule has 1 rings (SSSR count). The maximum atomic E-state index is 11.5. The standard InChI is InChI=1S/C14H21NO2/c1-11(2)13(14(16)17-3)15-10-9-12-7-5-4-6-8-12/h4-8,11,13,15H,9-10H2,1-3H3/t13-/m1/s1. The van der Waals surface area contributed by atoms with Crippen LogP contribution in [-0.4, -0.2) is 25.7 Å². The summed E-state index contributed by atoms with van der Waals surface area (Å²) in [5.41, 5.74) is 1.27. The van der Waals surface area contributed by atoms with Crippen LogP contribution in [0, 0.1) is 5.92 Å². The van der Waals surface area contributed by atoms with Crippen LogP contribution in [0.2, 0.25) is 0 Å². The number of benzene rings is 1. The number of esters is 1. The maximum absolute atomic E-state index is 11.5. The van der Waals surface area contributed by atoms with E-state index in [4.69, 9.17) is 4.74 Å². The zero-order valence-corrected chi connectivity index (χ0v) is 10.8. The van der Waals surface area contributed by atoms with Gasteiger partial charge in [0.15, 0.2) is 0 Å². The summed E-state index contributed by atoms with van der Waals surface area (Å²) in [6, 6.07) is 10.0. The molecule has 0 spiro atoms. The Hall–Kier alpha value is -1.35. The van der Waals surface area contributed by atoms with Crippen LogP contribution in [0.25, 0.3) is 0 Å². The van der Waals surface area contributed by atoms with Gasteiger partial charge in [0.2, 0.25) is 0 Å². The molecule has 0 aliphatic carbocycles. The molecule has 0 amide bonds. The van der Waals surface area contributed by atoms with Crippen molar-refractivity contribution in [1.29, 1.82) is 0 Å². The van der Waals surface area contributed by atoms with E-state index in [0.29, 0.717) is 0 Å². The van der Waals surface area contributed by atoms with Gasteiger partial charge in [0.25, 0.3) is 0 Å². The minimum Gasteiger partial charge on any atom is -0.468 e. The zero-order valence-electron chi connectivity index (χ0n) is 10.8. The van der Waals surface area contributed by atoms with Crippen molar-refractivity contribution < 1.29 is 9.53 Å². The molecule has 1 aromatic rings. The summed E-state index contributed by atoms with van der Waals surface area (Å²) >= 11 is 0. The highest BCUT2D eigenvalue weighted by molar-refractivity contribution is 5.75. The molecule has 0 saturated carbocycles. The minimum absolute atomic E-state index is 0.187. The summed E-state index contributed by atoms with van der Waals surface area (Å²) in [6.07, 6.45) is 0.918. The van der Waals surface area contributed by atoms with Gasteiger partial charge < -0.3 is 10.1 Å². The molecule has 0 radical (unpaired) electrons. The van der Waals surface area contributed by atoms with E-state index in [1.807, 2.05) is 32.0 Å². The molecule has 0 heterocycles. The molecule has 1 atom stereocenters. The Kier molecular flexibility index (Phi) is 5.70. The summed E-state index contributed by atoms with van der Waals surface area (Å²) in [5.74, 6) is 0.0475. The van der Waals surface area contributed by atoms with Crippen molar-refractivity contribution in [2.45, 2.75) is 26.3 Å². The van der Waals surface area contributed by atoms with Crippen molar-refractivity contribution in [3.63, 3.8) is 0 Å². The normalized spacial score (nSPS) is 12.5. The number of ether oxygens (including phenoxy) is 1.